The van der Waals surface area contributed by atoms with Gasteiger partial charge in [-0.2, -0.15) is 0 Å². The first-order valence-electron chi connectivity index (χ1n) is 5.54. The molecule has 1 saturated heterocycles. The molecule has 3 nitrogen and oxygen atoms in total. The molecular weight excluding hydrogens is 176 g/mol. The van der Waals surface area contributed by atoms with E-state index in [2.05, 4.69) is 38.3 Å². The highest BCUT2D eigenvalue weighted by Crippen LogP contribution is 2.11. The van der Waals surface area contributed by atoms with Crippen LogP contribution in [-0.4, -0.2) is 24.5 Å². The molecule has 1 rings (SSSR count). The number of amides is 1. The highest BCUT2D eigenvalue weighted by Gasteiger charge is 2.28. The fourth-order valence-electron chi connectivity index (χ4n) is 1.76. The fraction of sp³-hybridized carbons (Fsp3) is 0.909. The molecule has 2 atom stereocenters. The molecule has 82 valence electrons. The van der Waals surface area contributed by atoms with Gasteiger partial charge in [-0.15, -0.1) is 0 Å². The van der Waals surface area contributed by atoms with Gasteiger partial charge in [0.1, 0.15) is 0 Å². The number of rotatable bonds is 3. The lowest BCUT2D eigenvalue weighted by atomic mass is 9.96. The Kier molecular flexibility index (Phi) is 3.93. The van der Waals surface area contributed by atoms with Crippen LogP contribution in [0.5, 0.6) is 0 Å². The number of nitrogens with one attached hydrogen (secondary N) is 2. The molecule has 1 fully saturated rings. The highest BCUT2D eigenvalue weighted by molar-refractivity contribution is 5.82. The molecular formula is C11H22N2O. The summed E-state index contributed by atoms with van der Waals surface area (Å²) >= 11 is 0. The van der Waals surface area contributed by atoms with Crippen LogP contribution in [0.25, 0.3) is 0 Å². The molecule has 0 radical (unpaired) electrons. The Morgan fingerprint density at radius 2 is 2.00 bits per heavy atom. The van der Waals surface area contributed by atoms with Crippen LogP contribution < -0.4 is 10.6 Å². The van der Waals surface area contributed by atoms with Gasteiger partial charge in [0.05, 0.1) is 6.04 Å². The fourth-order valence-corrected chi connectivity index (χ4v) is 1.76. The Bertz CT molecular complexity index is 201. The Hall–Kier alpha value is -0.570. The molecule has 0 aromatic rings. The normalized spacial score (nSPS) is 28.3. The van der Waals surface area contributed by atoms with Crippen LogP contribution in [-0.2, 0) is 4.79 Å². The van der Waals surface area contributed by atoms with E-state index in [1.165, 1.54) is 0 Å². The summed E-state index contributed by atoms with van der Waals surface area (Å²) in [6, 6.07) is 0.316. The maximum atomic E-state index is 11.7. The van der Waals surface area contributed by atoms with Crippen molar-refractivity contribution in [3.63, 3.8) is 0 Å². The monoisotopic (exact) mass is 198 g/mol. The van der Waals surface area contributed by atoms with Crippen molar-refractivity contribution in [1.82, 2.24) is 10.6 Å². The van der Waals surface area contributed by atoms with Gasteiger partial charge in [-0.05, 0) is 18.3 Å². The Balaban J connectivity index is 2.44. The summed E-state index contributed by atoms with van der Waals surface area (Å²) in [5, 5.41) is 6.39. The van der Waals surface area contributed by atoms with Crippen LogP contribution in [0.3, 0.4) is 0 Å². The zero-order valence-corrected chi connectivity index (χ0v) is 9.63. The van der Waals surface area contributed by atoms with E-state index in [-0.39, 0.29) is 11.9 Å². The molecule has 0 unspecified atom stereocenters. The number of hydrogen-bond acceptors (Lipinski definition) is 2. The van der Waals surface area contributed by atoms with Crippen LogP contribution in [0.15, 0.2) is 0 Å². The summed E-state index contributed by atoms with van der Waals surface area (Å²) in [7, 11) is 0. The van der Waals surface area contributed by atoms with Crippen LogP contribution in [0, 0.1) is 11.8 Å². The van der Waals surface area contributed by atoms with Crippen molar-refractivity contribution in [2.45, 2.75) is 46.2 Å². The van der Waals surface area contributed by atoms with E-state index in [0.29, 0.717) is 17.9 Å². The molecule has 0 aromatic heterocycles. The van der Waals surface area contributed by atoms with E-state index < -0.39 is 0 Å². The predicted molar refractivity (Wildman–Crippen MR) is 58.0 cm³/mol. The minimum atomic E-state index is 0.0185. The summed E-state index contributed by atoms with van der Waals surface area (Å²) in [5.74, 6) is 1.24. The number of hydrogen-bond donors (Lipinski definition) is 2. The van der Waals surface area contributed by atoms with Crippen molar-refractivity contribution in [2.24, 2.45) is 11.8 Å². The molecule has 1 heterocycles. The van der Waals surface area contributed by atoms with Crippen molar-refractivity contribution in [3.8, 4) is 0 Å². The van der Waals surface area contributed by atoms with E-state index >= 15 is 0 Å². The van der Waals surface area contributed by atoms with Gasteiger partial charge in [-0.25, -0.2) is 0 Å². The van der Waals surface area contributed by atoms with Crippen LogP contribution in [0.2, 0.25) is 0 Å². The van der Waals surface area contributed by atoms with Crippen molar-refractivity contribution < 1.29 is 4.79 Å². The highest BCUT2D eigenvalue weighted by atomic mass is 16.2. The minimum absolute atomic E-state index is 0.0185. The first-order chi connectivity index (χ1) is 6.50. The van der Waals surface area contributed by atoms with E-state index in [9.17, 15) is 4.79 Å². The van der Waals surface area contributed by atoms with E-state index in [4.69, 9.17) is 0 Å². The van der Waals surface area contributed by atoms with E-state index in [1.807, 2.05) is 0 Å². The van der Waals surface area contributed by atoms with Gasteiger partial charge >= 0.3 is 0 Å². The number of carbonyl (C=O) groups is 1. The third kappa shape index (κ3) is 2.98. The maximum Gasteiger partial charge on any atom is 0.237 e. The molecule has 0 aromatic carbocycles. The third-order valence-corrected chi connectivity index (χ3v) is 2.74. The van der Waals surface area contributed by atoms with Gasteiger partial charge in [0.2, 0.25) is 5.91 Å². The zero-order chi connectivity index (χ0) is 10.7. The first kappa shape index (κ1) is 11.5. The lowest BCUT2D eigenvalue weighted by molar-refractivity contribution is -0.126. The van der Waals surface area contributed by atoms with E-state index in [1.54, 1.807) is 0 Å². The van der Waals surface area contributed by atoms with Gasteiger partial charge in [-0.3, -0.25) is 4.79 Å². The van der Waals surface area contributed by atoms with Crippen LogP contribution in [0.1, 0.15) is 34.1 Å². The summed E-state index contributed by atoms with van der Waals surface area (Å²) in [6.45, 7) is 9.46. The van der Waals surface area contributed by atoms with Gasteiger partial charge in [0, 0.05) is 12.6 Å². The van der Waals surface area contributed by atoms with Gasteiger partial charge in [0.25, 0.3) is 0 Å². The number of piperazine rings is 1. The smallest absolute Gasteiger partial charge is 0.237 e. The summed E-state index contributed by atoms with van der Waals surface area (Å²) in [5.41, 5.74) is 0. The molecule has 1 aliphatic heterocycles. The summed E-state index contributed by atoms with van der Waals surface area (Å²) < 4.78 is 0. The lowest BCUT2D eigenvalue weighted by Crippen LogP contribution is -2.60. The molecule has 0 saturated carbocycles. The topological polar surface area (TPSA) is 41.1 Å². The van der Waals surface area contributed by atoms with Crippen molar-refractivity contribution in [3.05, 3.63) is 0 Å². The SMILES string of the molecule is CC(C)C[C@@H]1NC[C@H](C(C)C)NC1=O. The van der Waals surface area contributed by atoms with Gasteiger partial charge in [0.15, 0.2) is 0 Å². The zero-order valence-electron chi connectivity index (χ0n) is 9.63. The Labute approximate surface area is 86.6 Å². The summed E-state index contributed by atoms with van der Waals surface area (Å²) in [4.78, 5) is 11.7. The molecule has 3 heteroatoms. The average molecular weight is 198 g/mol. The first-order valence-corrected chi connectivity index (χ1v) is 5.54. The minimum Gasteiger partial charge on any atom is -0.350 e. The maximum absolute atomic E-state index is 11.7. The second-order valence-electron chi connectivity index (χ2n) is 4.95. The quantitative estimate of drug-likeness (QED) is 0.714. The molecule has 0 aliphatic carbocycles. The van der Waals surface area contributed by atoms with Crippen molar-refractivity contribution in [1.29, 1.82) is 0 Å². The van der Waals surface area contributed by atoms with Crippen molar-refractivity contribution >= 4 is 5.91 Å². The predicted octanol–water partition coefficient (Wildman–Crippen LogP) is 1.15. The van der Waals surface area contributed by atoms with Gasteiger partial charge < -0.3 is 10.6 Å². The average Bonchev–Trinajstić information content (AvgIpc) is 2.07. The summed E-state index contributed by atoms with van der Waals surface area (Å²) in [6.07, 6.45) is 0.927. The molecule has 0 spiro atoms. The van der Waals surface area contributed by atoms with Gasteiger partial charge in [-0.1, -0.05) is 27.7 Å². The third-order valence-electron chi connectivity index (χ3n) is 2.74. The molecule has 0 bridgehead atoms. The second kappa shape index (κ2) is 4.78. The van der Waals surface area contributed by atoms with E-state index in [0.717, 1.165) is 13.0 Å². The molecule has 1 aliphatic rings. The van der Waals surface area contributed by atoms with Crippen LogP contribution in [0.4, 0.5) is 0 Å². The Morgan fingerprint density at radius 1 is 1.36 bits per heavy atom. The largest absolute Gasteiger partial charge is 0.350 e. The Morgan fingerprint density at radius 3 is 2.43 bits per heavy atom. The molecule has 14 heavy (non-hydrogen) atoms. The van der Waals surface area contributed by atoms with Crippen LogP contribution >= 0.6 is 0 Å². The molecule has 1 amide bonds. The van der Waals surface area contributed by atoms with Crippen molar-refractivity contribution in [2.75, 3.05) is 6.54 Å². The second-order valence-corrected chi connectivity index (χ2v) is 4.95. The molecule has 2 N–H and O–H groups in total. The number of carbonyl (C=O) groups excluding carboxylic acids is 1. The standard InChI is InChI=1S/C11H22N2O/c1-7(2)5-9-11(14)13-10(6-12-9)8(3)4/h7-10,12H,5-6H2,1-4H3,(H,13,14)/t9-,10+/m0/s1. The lowest BCUT2D eigenvalue weighted by Gasteiger charge is -2.33.